The first-order valence-electron chi connectivity index (χ1n) is 12.7. The first-order valence-corrected chi connectivity index (χ1v) is 13.5. The van der Waals surface area contributed by atoms with E-state index in [9.17, 15) is 14.9 Å². The van der Waals surface area contributed by atoms with E-state index in [1.807, 2.05) is 34.1 Å². The van der Waals surface area contributed by atoms with Gasteiger partial charge in [0.05, 0.1) is 29.1 Å². The smallest absolute Gasteiger partial charge is 0.225 e. The standard InChI is InChI=1S/C27H36N4O2S/c1-18-9-7-10-19(2)30(18)24(32)15-27(17-28,26-29-22-13-5-6-14-23(22)34-26)16-25(33)31-20(3)11-8-12-21(31)4/h5-6,13-14,18-21H,7-12,15-16H2,1-4H3/t18-,19-,20-,21-/m1/s1. The van der Waals surface area contributed by atoms with Crippen LogP contribution in [-0.4, -0.2) is 50.8 Å². The average molecular weight is 481 g/mol. The molecule has 1 aromatic heterocycles. The van der Waals surface area contributed by atoms with Crippen LogP contribution in [0.25, 0.3) is 10.2 Å². The number of carbonyl (C=O) groups excluding carboxylic acids is 2. The maximum absolute atomic E-state index is 13.7. The van der Waals surface area contributed by atoms with Gasteiger partial charge in [0, 0.05) is 24.2 Å². The van der Waals surface area contributed by atoms with E-state index in [2.05, 4.69) is 33.8 Å². The number of aromatic nitrogens is 1. The highest BCUT2D eigenvalue weighted by molar-refractivity contribution is 7.18. The second-order valence-corrected chi connectivity index (χ2v) is 11.4. The molecule has 7 heteroatoms. The van der Waals surface area contributed by atoms with Gasteiger partial charge in [-0.1, -0.05) is 12.1 Å². The third-order valence-corrected chi connectivity index (χ3v) is 9.03. The Labute approximate surface area is 206 Å². The van der Waals surface area contributed by atoms with E-state index < -0.39 is 5.41 Å². The molecular formula is C27H36N4O2S. The lowest BCUT2D eigenvalue weighted by molar-refractivity contribution is -0.140. The summed E-state index contributed by atoms with van der Waals surface area (Å²) in [5.74, 6) is -0.0962. The average Bonchev–Trinajstić information content (AvgIpc) is 3.23. The summed E-state index contributed by atoms with van der Waals surface area (Å²) in [5, 5.41) is 11.2. The largest absolute Gasteiger partial charge is 0.337 e. The topological polar surface area (TPSA) is 77.3 Å². The second kappa shape index (κ2) is 10.0. The molecule has 2 saturated heterocycles. The van der Waals surface area contributed by atoms with Crippen LogP contribution in [0.15, 0.2) is 24.3 Å². The summed E-state index contributed by atoms with van der Waals surface area (Å²) < 4.78 is 0.969. The van der Waals surface area contributed by atoms with E-state index in [0.717, 1.165) is 48.7 Å². The molecule has 0 N–H and O–H groups in total. The fourth-order valence-electron chi connectivity index (χ4n) is 5.94. The van der Waals surface area contributed by atoms with Crippen LogP contribution in [-0.2, 0) is 15.0 Å². The molecule has 0 radical (unpaired) electrons. The van der Waals surface area contributed by atoms with Gasteiger partial charge in [-0.2, -0.15) is 5.26 Å². The van der Waals surface area contributed by atoms with E-state index in [1.54, 1.807) is 0 Å². The van der Waals surface area contributed by atoms with Crippen LogP contribution in [0.2, 0.25) is 0 Å². The van der Waals surface area contributed by atoms with Crippen LogP contribution in [0.3, 0.4) is 0 Å². The van der Waals surface area contributed by atoms with Gasteiger partial charge in [-0.3, -0.25) is 9.59 Å². The Morgan fingerprint density at radius 2 is 1.41 bits per heavy atom. The Kier molecular flexibility index (Phi) is 7.28. The zero-order valence-corrected chi connectivity index (χ0v) is 21.6. The van der Waals surface area contributed by atoms with Crippen molar-refractivity contribution in [1.82, 2.24) is 14.8 Å². The number of carbonyl (C=O) groups is 2. The maximum atomic E-state index is 13.7. The predicted octanol–water partition coefficient (Wildman–Crippen LogP) is 5.42. The molecule has 6 nitrogen and oxygen atoms in total. The normalized spacial score (nSPS) is 25.9. The molecule has 1 aromatic carbocycles. The summed E-state index contributed by atoms with van der Waals surface area (Å²) in [5.41, 5.74) is -0.465. The van der Waals surface area contributed by atoms with E-state index in [1.165, 1.54) is 11.3 Å². The minimum atomic E-state index is -1.27. The number of para-hydroxylation sites is 1. The number of fused-ring (bicyclic) bond motifs is 1. The molecule has 2 aromatic rings. The highest BCUT2D eigenvalue weighted by Crippen LogP contribution is 2.39. The lowest BCUT2D eigenvalue weighted by Gasteiger charge is -2.42. The summed E-state index contributed by atoms with van der Waals surface area (Å²) in [6.45, 7) is 8.34. The number of hydrogen-bond donors (Lipinski definition) is 0. The highest BCUT2D eigenvalue weighted by atomic mass is 32.1. The summed E-state index contributed by atoms with van der Waals surface area (Å²) in [4.78, 5) is 36.1. The fraction of sp³-hybridized carbons (Fsp3) is 0.630. The van der Waals surface area contributed by atoms with Crippen LogP contribution in [0.1, 0.15) is 84.1 Å². The predicted molar refractivity (Wildman–Crippen MR) is 135 cm³/mol. The zero-order valence-electron chi connectivity index (χ0n) is 20.8. The van der Waals surface area contributed by atoms with Gasteiger partial charge in [-0.25, -0.2) is 4.98 Å². The Bertz CT molecular complexity index is 997. The van der Waals surface area contributed by atoms with Gasteiger partial charge < -0.3 is 9.80 Å². The molecule has 182 valence electrons. The SMILES string of the molecule is C[C@@H]1CCC[C@@H](C)N1C(=O)CC(C#N)(CC(=O)N1[C@H](C)CCC[C@H]1C)c1nc2ccccc2s1. The highest BCUT2D eigenvalue weighted by Gasteiger charge is 2.45. The second-order valence-electron chi connectivity index (χ2n) is 10.4. The summed E-state index contributed by atoms with van der Waals surface area (Å²) in [6, 6.07) is 10.8. The van der Waals surface area contributed by atoms with Crippen molar-refractivity contribution in [2.45, 2.75) is 109 Å². The van der Waals surface area contributed by atoms with Crippen LogP contribution in [0, 0.1) is 11.3 Å². The zero-order chi connectivity index (χ0) is 24.5. The first kappa shape index (κ1) is 24.7. The minimum Gasteiger partial charge on any atom is -0.337 e. The molecule has 0 saturated carbocycles. The Hall–Kier alpha value is -2.46. The van der Waals surface area contributed by atoms with Crippen molar-refractivity contribution in [2.75, 3.05) is 0 Å². The van der Waals surface area contributed by atoms with Gasteiger partial charge in [0.2, 0.25) is 11.8 Å². The summed E-state index contributed by atoms with van der Waals surface area (Å²) in [7, 11) is 0. The van der Waals surface area contributed by atoms with Crippen molar-refractivity contribution < 1.29 is 9.59 Å². The summed E-state index contributed by atoms with van der Waals surface area (Å²) >= 11 is 1.43. The first-order chi connectivity index (χ1) is 16.3. The van der Waals surface area contributed by atoms with Crippen molar-refractivity contribution in [1.29, 1.82) is 5.26 Å². The molecule has 3 heterocycles. The third-order valence-electron chi connectivity index (χ3n) is 7.79. The molecule has 0 unspecified atom stereocenters. The Morgan fingerprint density at radius 1 is 0.941 bits per heavy atom. The van der Waals surface area contributed by atoms with Crippen LogP contribution in [0.5, 0.6) is 0 Å². The molecule has 2 aliphatic heterocycles. The number of nitrogens with zero attached hydrogens (tertiary/aromatic N) is 4. The lowest BCUT2D eigenvalue weighted by atomic mass is 9.80. The van der Waals surface area contributed by atoms with Gasteiger partial charge in [-0.05, 0) is 78.4 Å². The Balaban J connectivity index is 1.71. The molecular weight excluding hydrogens is 444 g/mol. The van der Waals surface area contributed by atoms with Crippen LogP contribution >= 0.6 is 11.3 Å². The molecule has 34 heavy (non-hydrogen) atoms. The van der Waals surface area contributed by atoms with Gasteiger partial charge >= 0.3 is 0 Å². The lowest BCUT2D eigenvalue weighted by Crippen LogP contribution is -2.51. The molecule has 2 aliphatic rings. The fourth-order valence-corrected chi connectivity index (χ4v) is 7.04. The van der Waals surface area contributed by atoms with E-state index in [0.29, 0.717) is 5.01 Å². The number of thiazole rings is 1. The molecule has 4 rings (SSSR count). The number of rotatable bonds is 5. The van der Waals surface area contributed by atoms with Crippen LogP contribution < -0.4 is 0 Å². The number of nitriles is 1. The molecule has 0 bridgehead atoms. The summed E-state index contributed by atoms with van der Waals surface area (Å²) in [6.07, 6.45) is 6.07. The van der Waals surface area contributed by atoms with Crippen molar-refractivity contribution in [3.63, 3.8) is 0 Å². The minimum absolute atomic E-state index is 0.0135. The van der Waals surface area contributed by atoms with Gasteiger partial charge in [0.15, 0.2) is 0 Å². The molecule has 2 amide bonds. The maximum Gasteiger partial charge on any atom is 0.225 e. The van der Waals surface area contributed by atoms with E-state index >= 15 is 0 Å². The van der Waals surface area contributed by atoms with Gasteiger partial charge in [-0.15, -0.1) is 11.3 Å². The van der Waals surface area contributed by atoms with Crippen molar-refractivity contribution >= 4 is 33.4 Å². The number of piperidine rings is 2. The number of likely N-dealkylation sites (tertiary alicyclic amines) is 2. The quantitative estimate of drug-likeness (QED) is 0.573. The van der Waals surface area contributed by atoms with Crippen molar-refractivity contribution in [2.24, 2.45) is 0 Å². The monoisotopic (exact) mass is 480 g/mol. The van der Waals surface area contributed by atoms with Gasteiger partial charge in [0.25, 0.3) is 0 Å². The van der Waals surface area contributed by atoms with Crippen molar-refractivity contribution in [3.8, 4) is 6.07 Å². The Morgan fingerprint density at radius 3 is 1.85 bits per heavy atom. The number of amides is 2. The van der Waals surface area contributed by atoms with Gasteiger partial charge in [0.1, 0.15) is 10.4 Å². The van der Waals surface area contributed by atoms with Crippen molar-refractivity contribution in [3.05, 3.63) is 29.3 Å². The van der Waals surface area contributed by atoms with E-state index in [4.69, 9.17) is 4.98 Å². The number of hydrogen-bond acceptors (Lipinski definition) is 5. The van der Waals surface area contributed by atoms with Crippen LogP contribution in [0.4, 0.5) is 0 Å². The molecule has 0 spiro atoms. The third kappa shape index (κ3) is 4.70. The molecule has 2 fully saturated rings. The molecule has 4 atom stereocenters. The molecule has 0 aliphatic carbocycles. The van der Waals surface area contributed by atoms with E-state index in [-0.39, 0.29) is 48.8 Å². The number of benzene rings is 1.